The van der Waals surface area contributed by atoms with E-state index < -0.39 is 11.7 Å². The summed E-state index contributed by atoms with van der Waals surface area (Å²) < 4.78 is 37.1. The fraction of sp³-hybridized carbons (Fsp3) is 0.100. The van der Waals surface area contributed by atoms with Gasteiger partial charge in [-0.05, 0) is 18.2 Å². The van der Waals surface area contributed by atoms with Gasteiger partial charge in [-0.1, -0.05) is 17.5 Å². The minimum atomic E-state index is -4.51. The van der Waals surface area contributed by atoms with E-state index in [0.29, 0.717) is 0 Å². The number of alkyl halides is 3. The Morgan fingerprint density at radius 3 is 2.47 bits per heavy atom. The Morgan fingerprint density at radius 1 is 1.27 bits per heavy atom. The fourth-order valence-electron chi connectivity index (χ4n) is 0.920. The number of halogens is 4. The second kappa shape index (κ2) is 4.25. The van der Waals surface area contributed by atoms with Crippen LogP contribution >= 0.6 is 11.6 Å². The average molecular weight is 230 g/mol. The van der Waals surface area contributed by atoms with E-state index in [1.54, 1.807) is 0 Å². The first kappa shape index (κ1) is 11.4. The molecular formula is C10H3ClF3N. The lowest BCUT2D eigenvalue weighted by Gasteiger charge is -2.08. The Morgan fingerprint density at radius 2 is 1.93 bits per heavy atom. The van der Waals surface area contributed by atoms with E-state index in [1.165, 1.54) is 12.1 Å². The Kier molecular flexibility index (Phi) is 3.24. The van der Waals surface area contributed by atoms with E-state index in [0.717, 1.165) is 12.1 Å². The molecule has 0 radical (unpaired) electrons. The molecule has 0 fully saturated rings. The van der Waals surface area contributed by atoms with Gasteiger partial charge in [0.15, 0.2) is 6.07 Å². The lowest BCUT2D eigenvalue weighted by molar-refractivity contribution is -0.137. The molecule has 1 nitrogen and oxygen atoms in total. The molecule has 0 aliphatic heterocycles. The van der Waals surface area contributed by atoms with Crippen LogP contribution < -0.4 is 0 Å². The molecule has 0 saturated heterocycles. The second-order valence-electron chi connectivity index (χ2n) is 2.55. The summed E-state index contributed by atoms with van der Waals surface area (Å²) in [6.45, 7) is 0. The van der Waals surface area contributed by atoms with Gasteiger partial charge in [-0.15, -0.1) is 0 Å². The molecule has 0 spiro atoms. The predicted molar refractivity (Wildman–Crippen MR) is 48.9 cm³/mol. The summed E-state index contributed by atoms with van der Waals surface area (Å²) in [5.74, 6) is 4.27. The lowest BCUT2D eigenvalue weighted by Crippen LogP contribution is -2.06. The highest BCUT2D eigenvalue weighted by molar-refractivity contribution is 6.31. The molecule has 1 aromatic rings. The number of benzene rings is 1. The number of nitrogens with zero attached hydrogens (tertiary/aromatic N) is 1. The maximum atomic E-state index is 12.4. The quantitative estimate of drug-likeness (QED) is 0.627. The Balaban J connectivity index is 3.24. The monoisotopic (exact) mass is 229 g/mol. The third-order valence-corrected chi connectivity index (χ3v) is 1.86. The van der Waals surface area contributed by atoms with E-state index in [-0.39, 0.29) is 10.6 Å². The van der Waals surface area contributed by atoms with Gasteiger partial charge in [-0.2, -0.15) is 18.4 Å². The zero-order valence-corrected chi connectivity index (χ0v) is 7.95. The van der Waals surface area contributed by atoms with Crippen LogP contribution in [0.25, 0.3) is 0 Å². The van der Waals surface area contributed by atoms with Gasteiger partial charge >= 0.3 is 6.18 Å². The van der Waals surface area contributed by atoms with Crippen molar-refractivity contribution in [2.45, 2.75) is 6.18 Å². The SMILES string of the molecule is N#CC#Cc1ccc(Cl)c(C(F)(F)F)c1. The average Bonchev–Trinajstić information content (AvgIpc) is 2.15. The summed E-state index contributed by atoms with van der Waals surface area (Å²) in [5, 5.41) is 7.76. The maximum absolute atomic E-state index is 12.4. The standard InChI is InChI=1S/C10H3ClF3N/c11-9-4-3-7(2-1-5-15)6-8(9)10(12,13)14/h3-4,6H. The molecule has 0 atom stereocenters. The Bertz CT molecular complexity index is 474. The third kappa shape index (κ3) is 2.90. The Labute approximate surface area is 89.1 Å². The van der Waals surface area contributed by atoms with E-state index in [9.17, 15) is 13.2 Å². The maximum Gasteiger partial charge on any atom is 0.417 e. The number of hydrogen-bond donors (Lipinski definition) is 0. The van der Waals surface area contributed by atoms with Gasteiger partial charge in [0.2, 0.25) is 0 Å². The van der Waals surface area contributed by atoms with Crippen molar-refractivity contribution in [3.05, 3.63) is 34.3 Å². The minimum absolute atomic E-state index is 0.105. The van der Waals surface area contributed by atoms with Crippen molar-refractivity contribution in [2.24, 2.45) is 0 Å². The third-order valence-electron chi connectivity index (χ3n) is 1.53. The van der Waals surface area contributed by atoms with Crippen molar-refractivity contribution in [3.8, 4) is 17.9 Å². The molecule has 0 saturated carbocycles. The van der Waals surface area contributed by atoms with Crippen molar-refractivity contribution in [3.63, 3.8) is 0 Å². The van der Waals surface area contributed by atoms with Gasteiger partial charge < -0.3 is 0 Å². The molecule has 5 heteroatoms. The molecule has 15 heavy (non-hydrogen) atoms. The molecule has 0 aliphatic rings. The normalized spacial score (nSPS) is 10.1. The first-order chi connectivity index (χ1) is 6.95. The highest BCUT2D eigenvalue weighted by Crippen LogP contribution is 2.34. The van der Waals surface area contributed by atoms with Crippen LogP contribution in [0, 0.1) is 23.2 Å². The molecule has 0 aliphatic carbocycles. The van der Waals surface area contributed by atoms with Crippen molar-refractivity contribution >= 4 is 11.6 Å². The van der Waals surface area contributed by atoms with E-state index in [4.69, 9.17) is 16.9 Å². The van der Waals surface area contributed by atoms with E-state index in [2.05, 4.69) is 5.92 Å². The number of nitriles is 1. The van der Waals surface area contributed by atoms with Crippen molar-refractivity contribution in [1.82, 2.24) is 0 Å². The largest absolute Gasteiger partial charge is 0.417 e. The summed E-state index contributed by atoms with van der Waals surface area (Å²) in [7, 11) is 0. The van der Waals surface area contributed by atoms with E-state index >= 15 is 0 Å². The highest BCUT2D eigenvalue weighted by atomic mass is 35.5. The lowest BCUT2D eigenvalue weighted by atomic mass is 10.1. The molecule has 0 bridgehead atoms. The molecule has 1 aromatic carbocycles. The van der Waals surface area contributed by atoms with Crippen molar-refractivity contribution in [1.29, 1.82) is 5.26 Å². The van der Waals surface area contributed by atoms with Crippen LogP contribution in [0.3, 0.4) is 0 Å². The summed E-state index contributed by atoms with van der Waals surface area (Å²) in [4.78, 5) is 0. The van der Waals surface area contributed by atoms with Gasteiger partial charge in [0.05, 0.1) is 10.6 Å². The molecular weight excluding hydrogens is 227 g/mol. The van der Waals surface area contributed by atoms with Crippen molar-refractivity contribution in [2.75, 3.05) is 0 Å². The zero-order valence-electron chi connectivity index (χ0n) is 7.19. The second-order valence-corrected chi connectivity index (χ2v) is 2.96. The molecule has 0 heterocycles. The van der Waals surface area contributed by atoms with Gasteiger partial charge in [0, 0.05) is 11.5 Å². The summed E-state index contributed by atoms with van der Waals surface area (Å²) >= 11 is 5.38. The van der Waals surface area contributed by atoms with Crippen LogP contribution in [0.1, 0.15) is 11.1 Å². The topological polar surface area (TPSA) is 23.8 Å². The zero-order chi connectivity index (χ0) is 11.5. The van der Waals surface area contributed by atoms with E-state index in [1.807, 2.05) is 5.92 Å². The Hall–Kier alpha value is -1.65. The molecule has 0 unspecified atom stereocenters. The minimum Gasteiger partial charge on any atom is -0.183 e. The molecule has 1 rings (SSSR count). The summed E-state index contributed by atoms with van der Waals surface area (Å²) in [5.41, 5.74) is -0.845. The summed E-state index contributed by atoms with van der Waals surface area (Å²) in [6, 6.07) is 4.75. The van der Waals surface area contributed by atoms with Crippen LogP contribution in [0.4, 0.5) is 13.2 Å². The first-order valence-electron chi connectivity index (χ1n) is 3.72. The predicted octanol–water partition coefficient (Wildman–Crippen LogP) is 3.23. The molecule has 0 N–H and O–H groups in total. The van der Waals surface area contributed by atoms with Crippen LogP contribution in [-0.2, 0) is 6.18 Å². The van der Waals surface area contributed by atoms with Crippen LogP contribution in [0.15, 0.2) is 18.2 Å². The van der Waals surface area contributed by atoms with Crippen molar-refractivity contribution < 1.29 is 13.2 Å². The van der Waals surface area contributed by atoms with Crippen LogP contribution in [-0.4, -0.2) is 0 Å². The fourth-order valence-corrected chi connectivity index (χ4v) is 1.15. The van der Waals surface area contributed by atoms with Gasteiger partial charge in [0.25, 0.3) is 0 Å². The van der Waals surface area contributed by atoms with Gasteiger partial charge in [-0.3, -0.25) is 0 Å². The number of hydrogen-bond acceptors (Lipinski definition) is 1. The molecule has 76 valence electrons. The first-order valence-corrected chi connectivity index (χ1v) is 4.10. The molecule has 0 amide bonds. The van der Waals surface area contributed by atoms with Gasteiger partial charge in [-0.25, -0.2) is 0 Å². The number of rotatable bonds is 0. The molecule has 0 aromatic heterocycles. The van der Waals surface area contributed by atoms with Gasteiger partial charge in [0.1, 0.15) is 0 Å². The smallest absolute Gasteiger partial charge is 0.183 e. The van der Waals surface area contributed by atoms with Crippen LogP contribution in [0.2, 0.25) is 5.02 Å². The van der Waals surface area contributed by atoms with Crippen LogP contribution in [0.5, 0.6) is 0 Å². The summed E-state index contributed by atoms with van der Waals surface area (Å²) in [6.07, 6.45) is -4.51. The highest BCUT2D eigenvalue weighted by Gasteiger charge is 2.33.